The fourth-order valence-corrected chi connectivity index (χ4v) is 4.08. The number of nitrogens with one attached hydrogen (secondary N) is 2. The Balaban J connectivity index is 2.10. The van der Waals surface area contributed by atoms with Crippen LogP contribution < -0.4 is 15.5 Å². The molecule has 0 radical (unpaired) electrons. The number of esters is 1. The van der Waals surface area contributed by atoms with Crippen LogP contribution in [0.1, 0.15) is 39.8 Å². The zero-order valence-corrected chi connectivity index (χ0v) is 20.6. The number of rotatable bonds is 6. The second-order valence-corrected chi connectivity index (χ2v) is 9.38. The second kappa shape index (κ2) is 10.4. The monoisotopic (exact) mass is 491 g/mol. The highest BCUT2D eigenvalue weighted by Gasteiger charge is 2.35. The van der Waals surface area contributed by atoms with E-state index in [2.05, 4.69) is 15.7 Å². The van der Waals surface area contributed by atoms with Gasteiger partial charge < -0.3 is 20.3 Å². The molecule has 1 aliphatic rings. The smallest absolute Gasteiger partial charge is 0.343 e. The first-order valence-electron chi connectivity index (χ1n) is 11.5. The quantitative estimate of drug-likeness (QED) is 0.602. The SMILES string of the molecule is CCOC(=O)CN1CCCc2c1c(-c1ccc(F)c(F)c1)nn2C(=O)N[C@H](C(=O)NC)C(C)(C)C. The number of carbonyl (C=O) groups is 3. The van der Waals surface area contributed by atoms with Crippen molar-refractivity contribution in [2.45, 2.75) is 46.6 Å². The third-order valence-corrected chi connectivity index (χ3v) is 5.76. The van der Waals surface area contributed by atoms with E-state index in [4.69, 9.17) is 4.74 Å². The standard InChI is InChI=1S/C24H31F2N5O4/c1-6-35-18(32)13-30-11-7-8-17-20(30)19(14-9-10-15(25)16(26)12-14)29-31(17)23(34)28-21(22(33)27-5)24(2,3)4/h9-10,12,21H,6-8,11,13H2,1-5H3,(H,27,33)(H,28,34)/t21-/m1/s1. The maximum absolute atomic E-state index is 14.1. The highest BCUT2D eigenvalue weighted by molar-refractivity contribution is 5.91. The summed E-state index contributed by atoms with van der Waals surface area (Å²) in [5.41, 5.74) is 0.855. The molecule has 1 aliphatic heterocycles. The van der Waals surface area contributed by atoms with Gasteiger partial charge in [-0.2, -0.15) is 9.78 Å². The van der Waals surface area contributed by atoms with Crippen molar-refractivity contribution in [3.05, 3.63) is 35.5 Å². The lowest BCUT2D eigenvalue weighted by Gasteiger charge is -2.31. The number of ether oxygens (including phenoxy) is 1. The molecular formula is C24H31F2N5O4. The minimum atomic E-state index is -1.06. The maximum atomic E-state index is 14.1. The average molecular weight is 492 g/mol. The van der Waals surface area contributed by atoms with Gasteiger partial charge in [0.2, 0.25) is 5.91 Å². The van der Waals surface area contributed by atoms with Crippen LogP contribution >= 0.6 is 0 Å². The van der Waals surface area contributed by atoms with Crippen LogP contribution in [0.25, 0.3) is 11.3 Å². The molecule has 3 rings (SSSR count). The van der Waals surface area contributed by atoms with Gasteiger partial charge in [0.1, 0.15) is 18.3 Å². The van der Waals surface area contributed by atoms with Gasteiger partial charge in [0.15, 0.2) is 11.6 Å². The number of likely N-dealkylation sites (N-methyl/N-ethyl adjacent to an activating group) is 1. The number of carbonyl (C=O) groups excluding carboxylic acids is 3. The number of benzene rings is 1. The van der Waals surface area contributed by atoms with Crippen LogP contribution in [-0.4, -0.2) is 60.5 Å². The minimum Gasteiger partial charge on any atom is -0.465 e. The molecule has 2 N–H and O–H groups in total. The summed E-state index contributed by atoms with van der Waals surface area (Å²) >= 11 is 0. The summed E-state index contributed by atoms with van der Waals surface area (Å²) in [6, 6.07) is 1.85. The third kappa shape index (κ3) is 5.60. The molecule has 0 bridgehead atoms. The van der Waals surface area contributed by atoms with Crippen LogP contribution in [-0.2, 0) is 20.7 Å². The molecule has 1 aromatic heterocycles. The van der Waals surface area contributed by atoms with Crippen LogP contribution in [0.5, 0.6) is 0 Å². The molecule has 35 heavy (non-hydrogen) atoms. The van der Waals surface area contributed by atoms with Gasteiger partial charge in [-0.25, -0.2) is 13.6 Å². The van der Waals surface area contributed by atoms with Gasteiger partial charge in [-0.05, 0) is 43.4 Å². The summed E-state index contributed by atoms with van der Waals surface area (Å²) in [7, 11) is 1.48. The first-order chi connectivity index (χ1) is 16.5. The van der Waals surface area contributed by atoms with Crippen LogP contribution in [0.3, 0.4) is 0 Å². The zero-order valence-electron chi connectivity index (χ0n) is 20.6. The van der Waals surface area contributed by atoms with E-state index in [1.54, 1.807) is 11.8 Å². The highest BCUT2D eigenvalue weighted by Crippen LogP contribution is 2.37. The first-order valence-corrected chi connectivity index (χ1v) is 11.5. The Morgan fingerprint density at radius 2 is 1.91 bits per heavy atom. The van der Waals surface area contributed by atoms with E-state index in [1.165, 1.54) is 13.1 Å². The molecule has 0 unspecified atom stereocenters. The summed E-state index contributed by atoms with van der Waals surface area (Å²) in [5, 5.41) is 9.74. The number of amides is 2. The Labute approximate surface area is 202 Å². The predicted molar refractivity (Wildman–Crippen MR) is 126 cm³/mol. The van der Waals surface area contributed by atoms with Crippen molar-refractivity contribution >= 4 is 23.6 Å². The summed E-state index contributed by atoms with van der Waals surface area (Å²) in [6.07, 6.45) is 1.08. The van der Waals surface area contributed by atoms with Gasteiger partial charge in [-0.1, -0.05) is 20.8 Å². The lowest BCUT2D eigenvalue weighted by molar-refractivity contribution is -0.141. The van der Waals surface area contributed by atoms with E-state index >= 15 is 0 Å². The molecule has 0 spiro atoms. The van der Waals surface area contributed by atoms with Gasteiger partial charge in [0, 0.05) is 19.2 Å². The number of halogens is 2. The lowest BCUT2D eigenvalue weighted by atomic mass is 9.86. The minimum absolute atomic E-state index is 0.0896. The van der Waals surface area contributed by atoms with E-state index in [0.717, 1.165) is 16.8 Å². The summed E-state index contributed by atoms with van der Waals surface area (Å²) < 4.78 is 33.9. The van der Waals surface area contributed by atoms with Crippen molar-refractivity contribution in [2.24, 2.45) is 5.41 Å². The van der Waals surface area contributed by atoms with Crippen molar-refractivity contribution in [2.75, 3.05) is 31.6 Å². The Hall–Kier alpha value is -3.50. The predicted octanol–water partition coefficient (Wildman–Crippen LogP) is 2.86. The van der Waals surface area contributed by atoms with Crippen LogP contribution in [0, 0.1) is 17.0 Å². The zero-order chi connectivity index (χ0) is 25.9. The Bertz CT molecular complexity index is 1130. The van der Waals surface area contributed by atoms with Gasteiger partial charge in [-0.3, -0.25) is 9.59 Å². The molecule has 1 atom stereocenters. The van der Waals surface area contributed by atoms with Crippen LogP contribution in [0.2, 0.25) is 0 Å². The maximum Gasteiger partial charge on any atom is 0.343 e. The van der Waals surface area contributed by atoms with Crippen molar-refractivity contribution in [1.29, 1.82) is 0 Å². The third-order valence-electron chi connectivity index (χ3n) is 5.76. The number of hydrogen-bond acceptors (Lipinski definition) is 6. The van der Waals surface area contributed by atoms with Gasteiger partial charge >= 0.3 is 12.0 Å². The van der Waals surface area contributed by atoms with E-state index < -0.39 is 35.1 Å². The lowest BCUT2D eigenvalue weighted by Crippen LogP contribution is -2.54. The fourth-order valence-electron chi connectivity index (χ4n) is 4.08. The van der Waals surface area contributed by atoms with E-state index in [-0.39, 0.29) is 30.3 Å². The van der Waals surface area contributed by atoms with E-state index in [0.29, 0.717) is 30.8 Å². The number of anilines is 1. The van der Waals surface area contributed by atoms with Crippen molar-refractivity contribution in [3.63, 3.8) is 0 Å². The molecule has 2 amide bonds. The fraction of sp³-hybridized carbons (Fsp3) is 0.500. The Morgan fingerprint density at radius 3 is 2.51 bits per heavy atom. The number of aromatic nitrogens is 2. The molecule has 0 saturated carbocycles. The Kier molecular flexibility index (Phi) is 7.76. The van der Waals surface area contributed by atoms with Crippen molar-refractivity contribution in [1.82, 2.24) is 20.4 Å². The van der Waals surface area contributed by atoms with E-state index in [9.17, 15) is 23.2 Å². The molecular weight excluding hydrogens is 460 g/mol. The Morgan fingerprint density at radius 1 is 1.20 bits per heavy atom. The first kappa shape index (κ1) is 26.1. The van der Waals surface area contributed by atoms with Crippen LogP contribution in [0.4, 0.5) is 19.3 Å². The average Bonchev–Trinajstić information content (AvgIpc) is 3.19. The molecule has 9 nitrogen and oxygen atoms in total. The molecule has 0 aliphatic carbocycles. The number of hydrogen-bond donors (Lipinski definition) is 2. The number of nitrogens with zero attached hydrogens (tertiary/aromatic N) is 3. The van der Waals surface area contributed by atoms with Gasteiger partial charge in [0.05, 0.1) is 18.0 Å². The van der Waals surface area contributed by atoms with Crippen molar-refractivity contribution in [3.8, 4) is 11.3 Å². The molecule has 0 fully saturated rings. The molecule has 0 saturated heterocycles. The summed E-state index contributed by atoms with van der Waals surface area (Å²) in [4.78, 5) is 39.8. The van der Waals surface area contributed by atoms with Crippen LogP contribution in [0.15, 0.2) is 18.2 Å². The largest absolute Gasteiger partial charge is 0.465 e. The topological polar surface area (TPSA) is 106 Å². The molecule has 2 aromatic rings. The number of fused-ring (bicyclic) bond motifs is 1. The molecule has 11 heteroatoms. The molecule has 190 valence electrons. The molecule has 1 aromatic carbocycles. The van der Waals surface area contributed by atoms with Crippen molar-refractivity contribution < 1.29 is 27.9 Å². The normalized spacial score (nSPS) is 14.2. The summed E-state index contributed by atoms with van der Waals surface area (Å²) in [5.74, 6) is -2.89. The molecule has 2 heterocycles. The highest BCUT2D eigenvalue weighted by atomic mass is 19.2. The summed E-state index contributed by atoms with van der Waals surface area (Å²) in [6.45, 7) is 7.77. The second-order valence-electron chi connectivity index (χ2n) is 9.38. The van der Waals surface area contributed by atoms with Gasteiger partial charge in [0.25, 0.3) is 0 Å². The van der Waals surface area contributed by atoms with E-state index in [1.807, 2.05) is 20.8 Å². The van der Waals surface area contributed by atoms with Gasteiger partial charge in [-0.15, -0.1) is 0 Å².